The van der Waals surface area contributed by atoms with E-state index in [1.165, 1.54) is 27.1 Å². The van der Waals surface area contributed by atoms with Gasteiger partial charge in [0.25, 0.3) is 0 Å². The third kappa shape index (κ3) is 5.54. The summed E-state index contributed by atoms with van der Waals surface area (Å²) in [5.41, 5.74) is 10.7. The van der Waals surface area contributed by atoms with Crippen molar-refractivity contribution >= 4 is 32.6 Å². The van der Waals surface area contributed by atoms with Crippen molar-refractivity contribution in [3.63, 3.8) is 0 Å². The van der Waals surface area contributed by atoms with Crippen LogP contribution in [0.1, 0.15) is 0 Å². The summed E-state index contributed by atoms with van der Waals surface area (Å²) in [5.74, 6) is 1.88. The maximum Gasteiger partial charge on any atom is 0.164 e. The second-order valence-corrected chi connectivity index (χ2v) is 13.3. The average molecular weight is 677 g/mol. The van der Waals surface area contributed by atoms with Crippen LogP contribution in [0.25, 0.3) is 94.7 Å². The first-order valence-electron chi connectivity index (χ1n) is 17.9. The molecule has 4 nitrogen and oxygen atoms in total. The van der Waals surface area contributed by atoms with E-state index < -0.39 is 0 Å². The van der Waals surface area contributed by atoms with E-state index in [0.29, 0.717) is 17.5 Å². The van der Waals surface area contributed by atoms with Gasteiger partial charge in [0, 0.05) is 33.0 Å². The Balaban J connectivity index is 1.21. The van der Waals surface area contributed by atoms with Crippen LogP contribution >= 0.6 is 0 Å². The van der Waals surface area contributed by atoms with E-state index in [9.17, 15) is 0 Å². The Morgan fingerprint density at radius 1 is 0.302 bits per heavy atom. The highest BCUT2D eigenvalue weighted by Gasteiger charge is 2.19. The number of aromatic nitrogens is 4. The summed E-state index contributed by atoms with van der Waals surface area (Å²) < 4.78 is 2.41. The van der Waals surface area contributed by atoms with Gasteiger partial charge in [0.05, 0.1) is 16.7 Å². The molecule has 53 heavy (non-hydrogen) atoms. The molecule has 0 bridgehead atoms. The van der Waals surface area contributed by atoms with E-state index in [1.807, 2.05) is 36.4 Å². The lowest BCUT2D eigenvalue weighted by molar-refractivity contribution is 1.07. The molecule has 10 rings (SSSR count). The van der Waals surface area contributed by atoms with Crippen molar-refractivity contribution < 1.29 is 0 Å². The summed E-state index contributed by atoms with van der Waals surface area (Å²) in [6.07, 6.45) is 0. The standard InChI is InChI=1S/C49H32N4/c1-4-14-33(15-5-1)34-24-26-37(27-25-34)48-50-47(36-18-8-3-9-19-36)51-49(52-48)40-28-29-41(35-16-6-2-7-17-35)45(32-40)53-44-23-13-12-22-42(44)43-30-38-20-10-11-21-39(38)31-46(43)53/h1-32H. The van der Waals surface area contributed by atoms with Crippen LogP contribution in [0.2, 0.25) is 0 Å². The fraction of sp³-hybridized carbons (Fsp3) is 0. The van der Waals surface area contributed by atoms with Crippen LogP contribution < -0.4 is 0 Å². The monoisotopic (exact) mass is 676 g/mol. The molecule has 248 valence electrons. The molecule has 2 aromatic heterocycles. The molecular weight excluding hydrogens is 645 g/mol. The minimum absolute atomic E-state index is 0.619. The molecule has 0 saturated heterocycles. The van der Waals surface area contributed by atoms with Crippen molar-refractivity contribution in [3.05, 3.63) is 194 Å². The second-order valence-electron chi connectivity index (χ2n) is 13.3. The normalized spacial score (nSPS) is 11.4. The van der Waals surface area contributed by atoms with Crippen molar-refractivity contribution in [2.75, 3.05) is 0 Å². The van der Waals surface area contributed by atoms with E-state index in [2.05, 4.69) is 162 Å². The lowest BCUT2D eigenvalue weighted by Gasteiger charge is -2.16. The summed E-state index contributed by atoms with van der Waals surface area (Å²) >= 11 is 0. The van der Waals surface area contributed by atoms with Crippen molar-refractivity contribution in [2.45, 2.75) is 0 Å². The predicted octanol–water partition coefficient (Wildman–Crippen LogP) is 12.5. The number of hydrogen-bond acceptors (Lipinski definition) is 3. The molecule has 0 atom stereocenters. The van der Waals surface area contributed by atoms with Crippen molar-refractivity contribution in [1.82, 2.24) is 19.5 Å². The van der Waals surface area contributed by atoms with Crippen LogP contribution in [0.5, 0.6) is 0 Å². The quantitative estimate of drug-likeness (QED) is 0.176. The molecule has 0 aliphatic rings. The van der Waals surface area contributed by atoms with Gasteiger partial charge in [-0.3, -0.25) is 0 Å². The van der Waals surface area contributed by atoms with Gasteiger partial charge in [-0.2, -0.15) is 0 Å². The minimum atomic E-state index is 0.619. The molecule has 0 aliphatic heterocycles. The molecule has 10 aromatic rings. The molecule has 0 saturated carbocycles. The Morgan fingerprint density at radius 2 is 0.774 bits per heavy atom. The van der Waals surface area contributed by atoms with E-state index in [0.717, 1.165) is 50.1 Å². The van der Waals surface area contributed by atoms with Gasteiger partial charge in [-0.25, -0.2) is 15.0 Å². The van der Waals surface area contributed by atoms with Gasteiger partial charge >= 0.3 is 0 Å². The highest BCUT2D eigenvalue weighted by atomic mass is 15.0. The number of fused-ring (bicyclic) bond motifs is 4. The molecule has 8 aromatic carbocycles. The van der Waals surface area contributed by atoms with Crippen molar-refractivity contribution in [3.8, 4) is 62.1 Å². The van der Waals surface area contributed by atoms with E-state index >= 15 is 0 Å². The van der Waals surface area contributed by atoms with E-state index in [4.69, 9.17) is 15.0 Å². The number of benzene rings is 8. The Morgan fingerprint density at radius 3 is 1.45 bits per heavy atom. The zero-order chi connectivity index (χ0) is 35.1. The predicted molar refractivity (Wildman–Crippen MR) is 219 cm³/mol. The maximum absolute atomic E-state index is 5.16. The third-order valence-electron chi connectivity index (χ3n) is 10.0. The van der Waals surface area contributed by atoms with Gasteiger partial charge in [0.2, 0.25) is 0 Å². The zero-order valence-electron chi connectivity index (χ0n) is 28.8. The Bertz CT molecular complexity index is 2910. The lowest BCUT2D eigenvalue weighted by Crippen LogP contribution is -2.02. The van der Waals surface area contributed by atoms with Crippen LogP contribution in [0.3, 0.4) is 0 Å². The van der Waals surface area contributed by atoms with Crippen LogP contribution in [-0.4, -0.2) is 19.5 Å². The van der Waals surface area contributed by atoms with Gasteiger partial charge in [-0.15, -0.1) is 0 Å². The third-order valence-corrected chi connectivity index (χ3v) is 10.0. The molecule has 0 aliphatic carbocycles. The molecule has 0 unspecified atom stereocenters. The number of rotatable bonds is 6. The Labute approximate surface area is 307 Å². The van der Waals surface area contributed by atoms with Gasteiger partial charge < -0.3 is 4.57 Å². The molecule has 4 heteroatoms. The minimum Gasteiger partial charge on any atom is -0.309 e. The van der Waals surface area contributed by atoms with Crippen molar-refractivity contribution in [1.29, 1.82) is 0 Å². The van der Waals surface area contributed by atoms with Crippen LogP contribution in [0.15, 0.2) is 194 Å². The zero-order valence-corrected chi connectivity index (χ0v) is 28.8. The largest absolute Gasteiger partial charge is 0.309 e. The van der Waals surface area contributed by atoms with E-state index in [-0.39, 0.29) is 0 Å². The first kappa shape index (κ1) is 30.6. The van der Waals surface area contributed by atoms with Gasteiger partial charge in [0.1, 0.15) is 0 Å². The summed E-state index contributed by atoms with van der Waals surface area (Å²) in [4.78, 5) is 15.3. The Kier molecular flexibility index (Phi) is 7.43. The molecule has 0 spiro atoms. The first-order chi connectivity index (χ1) is 26.3. The van der Waals surface area contributed by atoms with Gasteiger partial charge in [-0.05, 0) is 51.7 Å². The molecule has 2 heterocycles. The topological polar surface area (TPSA) is 43.6 Å². The lowest BCUT2D eigenvalue weighted by atomic mass is 10.0. The fourth-order valence-corrected chi connectivity index (χ4v) is 7.43. The molecule has 0 radical (unpaired) electrons. The first-order valence-corrected chi connectivity index (χ1v) is 17.9. The molecule has 0 amide bonds. The summed E-state index contributed by atoms with van der Waals surface area (Å²) in [6, 6.07) is 68.2. The van der Waals surface area contributed by atoms with Gasteiger partial charge in [0.15, 0.2) is 17.5 Å². The Hall–Kier alpha value is -7.17. The molecule has 0 N–H and O–H groups in total. The number of nitrogens with zero attached hydrogens (tertiary/aromatic N) is 4. The van der Waals surface area contributed by atoms with Crippen molar-refractivity contribution in [2.24, 2.45) is 0 Å². The molecule has 0 fully saturated rings. The highest BCUT2D eigenvalue weighted by molar-refractivity contribution is 6.14. The SMILES string of the molecule is c1ccc(-c2ccc(-c3nc(-c4ccccc4)nc(-c4ccc(-c5ccccc5)c(-n5c6ccccc6c6cc7ccccc7cc65)c4)n3)cc2)cc1. The summed E-state index contributed by atoms with van der Waals surface area (Å²) in [5, 5.41) is 4.86. The number of para-hydroxylation sites is 1. The van der Waals surface area contributed by atoms with Crippen LogP contribution in [0, 0.1) is 0 Å². The smallest absolute Gasteiger partial charge is 0.164 e. The second kappa shape index (κ2) is 12.9. The van der Waals surface area contributed by atoms with Gasteiger partial charge in [-0.1, -0.05) is 170 Å². The fourth-order valence-electron chi connectivity index (χ4n) is 7.43. The van der Waals surface area contributed by atoms with Crippen LogP contribution in [0.4, 0.5) is 0 Å². The van der Waals surface area contributed by atoms with E-state index in [1.54, 1.807) is 0 Å². The highest BCUT2D eigenvalue weighted by Crippen LogP contribution is 2.39. The number of hydrogen-bond donors (Lipinski definition) is 0. The molecular formula is C49H32N4. The summed E-state index contributed by atoms with van der Waals surface area (Å²) in [7, 11) is 0. The maximum atomic E-state index is 5.16. The summed E-state index contributed by atoms with van der Waals surface area (Å²) in [6.45, 7) is 0. The van der Waals surface area contributed by atoms with Crippen LogP contribution in [-0.2, 0) is 0 Å². The average Bonchev–Trinajstić information content (AvgIpc) is 3.56.